The Morgan fingerprint density at radius 3 is 2.15 bits per heavy atom. The van der Waals surface area contributed by atoms with Crippen LogP contribution in [-0.4, -0.2) is 14.1 Å². The Bertz CT molecular complexity index is 3750. The minimum Gasteiger partial charge on any atom is -0.510 e. The monoisotopic (exact) mass is 955 g/mol. The van der Waals surface area contributed by atoms with Crippen molar-refractivity contribution >= 4 is 32.8 Å². The first-order valence-corrected chi connectivity index (χ1v) is 18.7. The fourth-order valence-corrected chi connectivity index (χ4v) is 7.26. The molecular weight excluding hydrogens is 904 g/mol. The Morgan fingerprint density at radius 1 is 0.695 bits per heavy atom. The second-order valence-corrected chi connectivity index (χ2v) is 14.7. The van der Waals surface area contributed by atoms with Gasteiger partial charge in [-0.1, -0.05) is 147 Å². The molecule has 10 rings (SSSR count). The molecule has 0 saturated carbocycles. The number of hydrogen-bond donors (Lipinski definition) is 0. The van der Waals surface area contributed by atoms with E-state index >= 15 is 0 Å². The SMILES string of the molecule is [2H]c1c([2H])c([2H])c(-c2ccccc2-[n+]2[c-]n(-c3[c-]c(Oc4[c-]c5c(cc4)c4ccccc4n5-c4cc(C([2H])([2H])C(C)(C)C)c(-c5c([2H])c([2H])c([2H])c([2H])c5[2H])cn4)ccc3)c3ccccc32)c([2H])c1[2H].[Pt]. The zero-order valence-corrected chi connectivity index (χ0v) is 34.3. The summed E-state index contributed by atoms with van der Waals surface area (Å²) in [6.45, 7) is 5.22. The maximum atomic E-state index is 9.46. The third kappa shape index (κ3) is 7.28. The largest absolute Gasteiger partial charge is 0.510 e. The van der Waals surface area contributed by atoms with E-state index < -0.39 is 60.1 Å². The fraction of sp³-hybridized carbons (Fsp3) is 0.0943. The molecule has 59 heavy (non-hydrogen) atoms. The topological polar surface area (TPSA) is 35.9 Å². The van der Waals surface area contributed by atoms with Crippen molar-refractivity contribution in [3.8, 4) is 50.9 Å². The molecule has 0 radical (unpaired) electrons. The second-order valence-electron chi connectivity index (χ2n) is 14.7. The van der Waals surface area contributed by atoms with E-state index in [1.165, 1.54) is 6.20 Å². The third-order valence-electron chi connectivity index (χ3n) is 9.65. The smallest absolute Gasteiger partial charge is 0.268 e. The molecule has 7 aromatic carbocycles. The van der Waals surface area contributed by atoms with Gasteiger partial charge in [-0.3, -0.25) is 4.57 Å². The van der Waals surface area contributed by atoms with Crippen LogP contribution in [0, 0.1) is 23.9 Å². The van der Waals surface area contributed by atoms with Crippen LogP contribution < -0.4 is 9.30 Å². The summed E-state index contributed by atoms with van der Waals surface area (Å²) in [5, 5.41) is 1.67. The maximum Gasteiger partial charge on any atom is 0.268 e. The van der Waals surface area contributed by atoms with E-state index in [2.05, 4.69) is 18.5 Å². The minimum atomic E-state index is -2.09. The van der Waals surface area contributed by atoms with E-state index in [4.69, 9.17) is 23.4 Å². The number of para-hydroxylation sites is 4. The number of fused-ring (bicyclic) bond motifs is 4. The second kappa shape index (κ2) is 15.7. The van der Waals surface area contributed by atoms with Gasteiger partial charge in [0.2, 0.25) is 0 Å². The molecule has 5 nitrogen and oxygen atoms in total. The summed E-state index contributed by atoms with van der Waals surface area (Å²) in [6, 6.07) is 35.4. The van der Waals surface area contributed by atoms with Crippen LogP contribution in [-0.2, 0) is 27.4 Å². The van der Waals surface area contributed by atoms with Crippen molar-refractivity contribution in [2.24, 2.45) is 5.41 Å². The van der Waals surface area contributed by atoms with Crippen LogP contribution in [0.5, 0.6) is 11.5 Å². The van der Waals surface area contributed by atoms with E-state index in [9.17, 15) is 2.74 Å². The predicted octanol–water partition coefficient (Wildman–Crippen LogP) is 12.5. The molecule has 0 bridgehead atoms. The third-order valence-corrected chi connectivity index (χ3v) is 9.65. The van der Waals surface area contributed by atoms with Crippen LogP contribution in [0.4, 0.5) is 0 Å². The molecule has 0 saturated heterocycles. The minimum absolute atomic E-state index is 0. The van der Waals surface area contributed by atoms with E-state index in [-0.39, 0.29) is 55.4 Å². The standard InChI is InChI=1S/C53H40N4O.Pt/c1-53(2,3)34-39-31-52(54-35-46(39)38-19-8-5-9-20-38)57-48-26-13-11-24-44(48)45-30-29-42(33-51(45)57)58-41-22-16-21-40(32-41)55-36-56(50-28-15-14-27-49(50)55)47-25-12-10-23-43(47)37-17-6-4-7-18-37;/h4-31,35H,34H2,1-3H3;/q-2;/i4D,5D,6D,7D,8D,9D,17D,18D,19D,20D,34D2;. The molecule has 0 aliphatic rings. The van der Waals surface area contributed by atoms with E-state index in [0.717, 1.165) is 27.3 Å². The molecule has 3 aromatic heterocycles. The Hall–Kier alpha value is -6.55. The van der Waals surface area contributed by atoms with Crippen molar-refractivity contribution in [2.45, 2.75) is 27.1 Å². The molecular formula is C53H40N4OPt-2. The van der Waals surface area contributed by atoms with Crippen LogP contribution in [0.3, 0.4) is 0 Å². The fourth-order valence-electron chi connectivity index (χ4n) is 7.26. The van der Waals surface area contributed by atoms with Gasteiger partial charge >= 0.3 is 0 Å². The quantitative estimate of drug-likeness (QED) is 0.112. The number of aromatic nitrogens is 4. The summed E-state index contributed by atoms with van der Waals surface area (Å²) in [4.78, 5) is 4.81. The van der Waals surface area contributed by atoms with Gasteiger partial charge in [0.1, 0.15) is 5.82 Å². The van der Waals surface area contributed by atoms with E-state index in [1.54, 1.807) is 60.2 Å². The molecule has 3 heterocycles. The first kappa shape index (κ1) is 26.4. The van der Waals surface area contributed by atoms with Crippen LogP contribution in [0.2, 0.25) is 0 Å². The zero-order chi connectivity index (χ0) is 49.7. The van der Waals surface area contributed by atoms with Gasteiger partial charge in [-0.2, -0.15) is 18.2 Å². The van der Waals surface area contributed by atoms with Crippen LogP contribution in [0.25, 0.3) is 72.3 Å². The number of ether oxygens (including phenoxy) is 1. The molecule has 0 unspecified atom stereocenters. The summed E-state index contributed by atoms with van der Waals surface area (Å²) < 4.78 is 116. The van der Waals surface area contributed by atoms with Crippen molar-refractivity contribution in [3.63, 3.8) is 0 Å². The average molecular weight is 956 g/mol. The van der Waals surface area contributed by atoms with Crippen molar-refractivity contribution < 1.29 is 46.8 Å². The Morgan fingerprint density at radius 2 is 1.37 bits per heavy atom. The van der Waals surface area contributed by atoms with Gasteiger partial charge in [0.15, 0.2) is 0 Å². The molecule has 0 amide bonds. The summed E-state index contributed by atoms with van der Waals surface area (Å²) in [5.41, 5.74) is 3.40. The first-order chi connectivity index (χ1) is 33.3. The molecule has 0 atom stereocenters. The Labute approximate surface area is 375 Å². The van der Waals surface area contributed by atoms with Gasteiger partial charge in [0.05, 0.1) is 30.4 Å². The van der Waals surface area contributed by atoms with E-state index in [1.807, 2.05) is 83.4 Å². The molecule has 6 heteroatoms. The number of nitrogens with zero attached hydrogens (tertiary/aromatic N) is 4. The van der Waals surface area contributed by atoms with Crippen LogP contribution >= 0.6 is 0 Å². The van der Waals surface area contributed by atoms with Gasteiger partial charge in [0, 0.05) is 52.6 Å². The molecule has 0 aliphatic heterocycles. The number of pyridine rings is 1. The molecule has 0 N–H and O–H groups in total. The molecule has 10 aromatic rings. The number of benzene rings is 7. The zero-order valence-electron chi connectivity index (χ0n) is 44.0. The van der Waals surface area contributed by atoms with Crippen molar-refractivity contribution in [3.05, 3.63) is 200 Å². The number of rotatable bonds is 8. The molecule has 0 spiro atoms. The predicted molar refractivity (Wildman–Crippen MR) is 234 cm³/mol. The summed E-state index contributed by atoms with van der Waals surface area (Å²) >= 11 is 0. The van der Waals surface area contributed by atoms with Gasteiger partial charge in [0.25, 0.3) is 6.33 Å². The number of imidazole rings is 1. The first-order valence-electron chi connectivity index (χ1n) is 24.7. The normalized spacial score (nSPS) is 14.7. The van der Waals surface area contributed by atoms with E-state index in [0.29, 0.717) is 39.8 Å². The Kier molecular flexibility index (Phi) is 7.02. The van der Waals surface area contributed by atoms with Gasteiger partial charge in [-0.25, -0.2) is 4.98 Å². The van der Waals surface area contributed by atoms with Gasteiger partial charge in [-0.05, 0) is 63.3 Å². The summed E-state index contributed by atoms with van der Waals surface area (Å²) in [5.74, 6) is 0.980. The Balaban J connectivity index is 0.00000624. The van der Waals surface area contributed by atoms with Crippen molar-refractivity contribution in [2.75, 3.05) is 0 Å². The summed E-state index contributed by atoms with van der Waals surface area (Å²) in [6.07, 6.45) is 2.71. The van der Waals surface area contributed by atoms with Crippen molar-refractivity contribution in [1.29, 1.82) is 0 Å². The molecule has 0 fully saturated rings. The van der Waals surface area contributed by atoms with Crippen LogP contribution in [0.1, 0.15) is 42.8 Å². The van der Waals surface area contributed by atoms with Gasteiger partial charge in [-0.15, -0.1) is 29.7 Å². The summed E-state index contributed by atoms with van der Waals surface area (Å²) in [7, 11) is 0. The van der Waals surface area contributed by atoms with Crippen LogP contribution in [0.15, 0.2) is 176 Å². The maximum absolute atomic E-state index is 9.46. The molecule has 0 aliphatic carbocycles. The molecule has 290 valence electrons. The average Bonchev–Trinajstić information content (AvgIpc) is 3.90. The van der Waals surface area contributed by atoms with Gasteiger partial charge < -0.3 is 13.9 Å². The number of hydrogen-bond acceptors (Lipinski definition) is 2. The van der Waals surface area contributed by atoms with Crippen molar-refractivity contribution in [1.82, 2.24) is 14.1 Å².